The van der Waals surface area contributed by atoms with Crippen LogP contribution in [0.25, 0.3) is 0 Å². The van der Waals surface area contributed by atoms with Crippen molar-refractivity contribution in [3.8, 4) is 0 Å². The van der Waals surface area contributed by atoms with Crippen LogP contribution in [0.3, 0.4) is 0 Å². The molecule has 1 aliphatic carbocycles. The smallest absolute Gasteiger partial charge is 0.0473 e. The summed E-state index contributed by atoms with van der Waals surface area (Å²) >= 11 is 0. The van der Waals surface area contributed by atoms with E-state index in [4.69, 9.17) is 5.73 Å². The number of nitrogens with two attached hydrogens (primary N) is 1. The Balaban J connectivity index is 1.73. The van der Waals surface area contributed by atoms with Gasteiger partial charge in [-0.2, -0.15) is 0 Å². The first kappa shape index (κ1) is 12.9. The van der Waals surface area contributed by atoms with Crippen molar-refractivity contribution in [2.75, 3.05) is 26.2 Å². The molecule has 3 fully saturated rings. The lowest BCUT2D eigenvalue weighted by Crippen LogP contribution is -2.58. The number of hydrogen-bond donors (Lipinski definition) is 1. The summed E-state index contributed by atoms with van der Waals surface area (Å²) < 4.78 is 0. The van der Waals surface area contributed by atoms with Crippen LogP contribution in [-0.4, -0.2) is 53.6 Å². The van der Waals surface area contributed by atoms with Crippen LogP contribution >= 0.6 is 0 Å². The van der Waals surface area contributed by atoms with Gasteiger partial charge in [-0.3, -0.25) is 9.80 Å². The summed E-state index contributed by atoms with van der Waals surface area (Å²) in [4.78, 5) is 5.48. The van der Waals surface area contributed by atoms with Crippen LogP contribution in [0.2, 0.25) is 0 Å². The molecule has 1 saturated carbocycles. The molecule has 2 N–H and O–H groups in total. The lowest BCUT2D eigenvalue weighted by molar-refractivity contribution is 0.0558. The van der Waals surface area contributed by atoms with Gasteiger partial charge < -0.3 is 5.73 Å². The maximum Gasteiger partial charge on any atom is 0.0473 e. The Kier molecular flexibility index (Phi) is 3.41. The summed E-state index contributed by atoms with van der Waals surface area (Å²) in [5.41, 5.74) is 6.51. The lowest BCUT2D eigenvalue weighted by Gasteiger charge is -2.44. The van der Waals surface area contributed by atoms with Crippen LogP contribution in [0, 0.1) is 5.92 Å². The van der Waals surface area contributed by atoms with E-state index >= 15 is 0 Å². The van der Waals surface area contributed by atoms with E-state index in [0.717, 1.165) is 24.5 Å². The molecule has 0 radical (unpaired) electrons. The molecule has 2 heterocycles. The zero-order valence-electron chi connectivity index (χ0n) is 12.1. The van der Waals surface area contributed by atoms with Gasteiger partial charge in [0.2, 0.25) is 0 Å². The fourth-order valence-electron chi connectivity index (χ4n) is 4.25. The van der Waals surface area contributed by atoms with Crippen molar-refractivity contribution in [1.82, 2.24) is 9.80 Å². The van der Waals surface area contributed by atoms with Crippen LogP contribution in [-0.2, 0) is 0 Å². The van der Waals surface area contributed by atoms with Crippen molar-refractivity contribution >= 4 is 0 Å². The van der Waals surface area contributed by atoms with E-state index in [2.05, 4.69) is 23.6 Å². The van der Waals surface area contributed by atoms with Crippen molar-refractivity contribution in [1.29, 1.82) is 0 Å². The van der Waals surface area contributed by atoms with Crippen molar-refractivity contribution in [3.05, 3.63) is 0 Å². The van der Waals surface area contributed by atoms with Gasteiger partial charge in [0.25, 0.3) is 0 Å². The minimum atomic E-state index is 0.288. The molecule has 3 aliphatic rings. The number of hydrogen-bond acceptors (Lipinski definition) is 3. The highest BCUT2D eigenvalue weighted by Gasteiger charge is 2.49. The molecule has 2 saturated heterocycles. The molecule has 0 aromatic carbocycles. The van der Waals surface area contributed by atoms with Crippen LogP contribution in [0.4, 0.5) is 0 Å². The monoisotopic (exact) mass is 251 g/mol. The summed E-state index contributed by atoms with van der Waals surface area (Å²) in [5.74, 6) is 0.854. The van der Waals surface area contributed by atoms with Crippen LogP contribution in [0.1, 0.15) is 46.0 Å². The highest BCUT2D eigenvalue weighted by Crippen LogP contribution is 2.40. The van der Waals surface area contributed by atoms with Crippen molar-refractivity contribution in [2.24, 2.45) is 11.7 Å². The fourth-order valence-corrected chi connectivity index (χ4v) is 4.25. The Morgan fingerprint density at radius 3 is 2.61 bits per heavy atom. The van der Waals surface area contributed by atoms with E-state index in [9.17, 15) is 0 Å². The minimum absolute atomic E-state index is 0.288. The molecule has 2 aliphatic heterocycles. The number of rotatable bonds is 3. The number of nitrogens with zero attached hydrogens (tertiary/aromatic N) is 2. The summed E-state index contributed by atoms with van der Waals surface area (Å²) in [6.45, 7) is 9.40. The molecule has 3 heteroatoms. The predicted octanol–water partition coefficient (Wildman–Crippen LogP) is 1.67. The van der Waals surface area contributed by atoms with Gasteiger partial charge in [-0.25, -0.2) is 0 Å². The number of likely N-dealkylation sites (tertiary alicyclic amines) is 2. The standard InChI is InChI=1S/C15H29N3/c1-12-4-3-7-17(9-12)15(10-16)8-13(2)18(11-15)14-5-6-14/h12-14H,3-11,16H2,1-2H3. The molecule has 18 heavy (non-hydrogen) atoms. The molecule has 0 aromatic heterocycles. The second-order valence-electron chi connectivity index (χ2n) is 7.08. The van der Waals surface area contributed by atoms with Gasteiger partial charge in [-0.15, -0.1) is 0 Å². The van der Waals surface area contributed by atoms with Crippen molar-refractivity contribution in [2.45, 2.75) is 63.6 Å². The topological polar surface area (TPSA) is 32.5 Å². The van der Waals surface area contributed by atoms with Crippen LogP contribution in [0.5, 0.6) is 0 Å². The second-order valence-corrected chi connectivity index (χ2v) is 7.08. The first-order valence-corrected chi connectivity index (χ1v) is 7.85. The second kappa shape index (κ2) is 4.77. The highest BCUT2D eigenvalue weighted by atomic mass is 15.3. The zero-order chi connectivity index (χ0) is 12.8. The third-order valence-corrected chi connectivity index (χ3v) is 5.44. The maximum atomic E-state index is 6.22. The van der Waals surface area contributed by atoms with Crippen molar-refractivity contribution in [3.63, 3.8) is 0 Å². The van der Waals surface area contributed by atoms with Gasteiger partial charge >= 0.3 is 0 Å². The van der Waals surface area contributed by atoms with Gasteiger partial charge in [-0.05, 0) is 51.5 Å². The first-order chi connectivity index (χ1) is 8.64. The quantitative estimate of drug-likeness (QED) is 0.828. The SMILES string of the molecule is CC1CCCN(C2(CN)CC(C)N(C3CC3)C2)C1. The fraction of sp³-hybridized carbons (Fsp3) is 1.00. The number of piperidine rings is 1. The molecule has 3 unspecified atom stereocenters. The predicted molar refractivity (Wildman–Crippen MR) is 75.6 cm³/mol. The van der Waals surface area contributed by atoms with Crippen molar-refractivity contribution < 1.29 is 0 Å². The van der Waals surface area contributed by atoms with E-state index in [1.807, 2.05) is 0 Å². The molecule has 0 aromatic rings. The molecule has 0 amide bonds. The van der Waals surface area contributed by atoms with E-state index in [-0.39, 0.29) is 5.54 Å². The largest absolute Gasteiger partial charge is 0.329 e. The van der Waals surface area contributed by atoms with Gasteiger partial charge in [0.05, 0.1) is 0 Å². The molecule has 3 nitrogen and oxygen atoms in total. The molecule has 104 valence electrons. The lowest BCUT2D eigenvalue weighted by atomic mass is 9.89. The molecular weight excluding hydrogens is 222 g/mol. The first-order valence-electron chi connectivity index (χ1n) is 7.85. The third-order valence-electron chi connectivity index (χ3n) is 5.44. The van der Waals surface area contributed by atoms with Crippen LogP contribution < -0.4 is 5.73 Å². The minimum Gasteiger partial charge on any atom is -0.329 e. The average Bonchev–Trinajstić information content (AvgIpc) is 3.14. The maximum absolute atomic E-state index is 6.22. The molecule has 3 rings (SSSR count). The summed E-state index contributed by atoms with van der Waals surface area (Å²) in [6, 6.07) is 1.62. The Labute approximate surface area is 112 Å². The van der Waals surface area contributed by atoms with E-state index in [1.54, 1.807) is 0 Å². The molecule has 0 spiro atoms. The van der Waals surface area contributed by atoms with E-state index in [1.165, 1.54) is 51.7 Å². The average molecular weight is 251 g/mol. The zero-order valence-corrected chi connectivity index (χ0v) is 12.1. The molecular formula is C15H29N3. The van der Waals surface area contributed by atoms with Gasteiger partial charge in [0, 0.05) is 37.3 Å². The van der Waals surface area contributed by atoms with Crippen LogP contribution in [0.15, 0.2) is 0 Å². The summed E-state index contributed by atoms with van der Waals surface area (Å²) in [6.07, 6.45) is 6.88. The van der Waals surface area contributed by atoms with E-state index < -0.39 is 0 Å². The van der Waals surface area contributed by atoms with Gasteiger partial charge in [0.1, 0.15) is 0 Å². The Bertz CT molecular complexity index is 302. The Hall–Kier alpha value is -0.120. The van der Waals surface area contributed by atoms with Gasteiger partial charge in [0.15, 0.2) is 0 Å². The highest BCUT2D eigenvalue weighted by molar-refractivity contribution is 5.07. The van der Waals surface area contributed by atoms with Gasteiger partial charge in [-0.1, -0.05) is 6.92 Å². The Morgan fingerprint density at radius 1 is 1.22 bits per heavy atom. The summed E-state index contributed by atoms with van der Waals surface area (Å²) in [7, 11) is 0. The molecule has 3 atom stereocenters. The van der Waals surface area contributed by atoms with E-state index in [0.29, 0.717) is 0 Å². The molecule has 0 bridgehead atoms. The normalized spacial score (nSPS) is 43.5. The third kappa shape index (κ3) is 2.21. The Morgan fingerprint density at radius 2 is 2.00 bits per heavy atom. The summed E-state index contributed by atoms with van der Waals surface area (Å²) in [5, 5.41) is 0.